The van der Waals surface area contributed by atoms with Crippen molar-refractivity contribution >= 4 is 23.4 Å². The molecule has 176 valence electrons. The van der Waals surface area contributed by atoms with Gasteiger partial charge in [0.1, 0.15) is 5.82 Å². The highest BCUT2D eigenvalue weighted by molar-refractivity contribution is 6.03. The maximum absolute atomic E-state index is 13.6. The number of carbonyl (C=O) groups excluding carboxylic acids is 2. The number of anilines is 2. The normalized spacial score (nSPS) is 17.4. The lowest BCUT2D eigenvalue weighted by atomic mass is 10.0. The Kier molecular flexibility index (Phi) is 5.47. The Morgan fingerprint density at radius 1 is 1.06 bits per heavy atom. The van der Waals surface area contributed by atoms with Crippen molar-refractivity contribution in [2.24, 2.45) is 0 Å². The van der Waals surface area contributed by atoms with Gasteiger partial charge in [-0.1, -0.05) is 6.07 Å². The third-order valence-corrected chi connectivity index (χ3v) is 6.15. The molecule has 0 spiro atoms. The zero-order valence-corrected chi connectivity index (χ0v) is 19.2. The van der Waals surface area contributed by atoms with Crippen LogP contribution < -0.4 is 19.3 Å². The van der Waals surface area contributed by atoms with Crippen LogP contribution in [0.5, 0.6) is 11.5 Å². The van der Waals surface area contributed by atoms with Gasteiger partial charge in [0.05, 0.1) is 36.8 Å². The van der Waals surface area contributed by atoms with Gasteiger partial charge in [0.2, 0.25) is 5.91 Å². The number of hydrogen-bond acceptors (Lipinski definition) is 5. The highest BCUT2D eigenvalue weighted by Gasteiger charge is 2.35. The number of benzene rings is 2. The Bertz CT molecular complexity index is 1270. The summed E-state index contributed by atoms with van der Waals surface area (Å²) >= 11 is 0. The van der Waals surface area contributed by atoms with Crippen LogP contribution in [0.4, 0.5) is 20.6 Å². The number of methoxy groups -OCH3 is 1. The molecule has 1 aliphatic heterocycles. The molecule has 1 fully saturated rings. The van der Waals surface area contributed by atoms with Crippen molar-refractivity contribution in [1.29, 1.82) is 0 Å². The Balaban J connectivity index is 1.52. The first-order valence-electron chi connectivity index (χ1n) is 11.2. The SMILES string of the molecule is COc1cc(F)ccc1OC(=O)N1CC(C)N(C(C)=O)c2ccc(-c3cnn(C4CC4)c3)cc21. The summed E-state index contributed by atoms with van der Waals surface area (Å²) in [5.41, 5.74) is 2.97. The molecule has 2 amide bonds. The Morgan fingerprint density at radius 2 is 1.85 bits per heavy atom. The fraction of sp³-hybridized carbons (Fsp3) is 0.320. The van der Waals surface area contributed by atoms with Crippen LogP contribution in [0.25, 0.3) is 11.1 Å². The molecule has 3 aromatic rings. The zero-order valence-electron chi connectivity index (χ0n) is 19.2. The van der Waals surface area contributed by atoms with E-state index in [2.05, 4.69) is 5.10 Å². The second-order valence-corrected chi connectivity index (χ2v) is 8.66. The minimum absolute atomic E-state index is 0.110. The summed E-state index contributed by atoms with van der Waals surface area (Å²) in [6.07, 6.45) is 5.42. The molecule has 2 aromatic carbocycles. The molecule has 1 unspecified atom stereocenters. The average molecular weight is 464 g/mol. The number of hydrogen-bond donors (Lipinski definition) is 0. The van der Waals surface area contributed by atoms with E-state index in [1.54, 1.807) is 11.1 Å². The smallest absolute Gasteiger partial charge is 0.420 e. The second kappa shape index (κ2) is 8.48. The van der Waals surface area contributed by atoms with Crippen molar-refractivity contribution in [3.63, 3.8) is 0 Å². The highest BCUT2D eigenvalue weighted by Crippen LogP contribution is 2.41. The van der Waals surface area contributed by atoms with E-state index in [4.69, 9.17) is 9.47 Å². The third kappa shape index (κ3) is 3.98. The van der Waals surface area contributed by atoms with E-state index < -0.39 is 11.9 Å². The van der Waals surface area contributed by atoms with Gasteiger partial charge in [-0.3, -0.25) is 14.4 Å². The lowest BCUT2D eigenvalue weighted by Crippen LogP contribution is -2.52. The highest BCUT2D eigenvalue weighted by atomic mass is 19.1. The molecule has 1 saturated carbocycles. The van der Waals surface area contributed by atoms with Gasteiger partial charge >= 0.3 is 6.09 Å². The van der Waals surface area contributed by atoms with E-state index in [-0.39, 0.29) is 30.0 Å². The van der Waals surface area contributed by atoms with E-state index in [0.717, 1.165) is 30.0 Å². The van der Waals surface area contributed by atoms with Crippen LogP contribution in [-0.2, 0) is 4.79 Å². The molecule has 2 aliphatic rings. The molecule has 8 nitrogen and oxygen atoms in total. The van der Waals surface area contributed by atoms with Crippen LogP contribution in [0.1, 0.15) is 32.7 Å². The van der Waals surface area contributed by atoms with Crippen LogP contribution in [0.15, 0.2) is 48.8 Å². The molecular weight excluding hydrogens is 439 g/mol. The summed E-state index contributed by atoms with van der Waals surface area (Å²) in [4.78, 5) is 28.9. The number of carbonyl (C=O) groups is 2. The summed E-state index contributed by atoms with van der Waals surface area (Å²) in [5.74, 6) is -0.387. The fourth-order valence-electron chi connectivity index (χ4n) is 4.36. The molecule has 2 heterocycles. The van der Waals surface area contributed by atoms with Crippen molar-refractivity contribution in [3.05, 3.63) is 54.6 Å². The first-order valence-corrected chi connectivity index (χ1v) is 11.2. The molecule has 0 saturated heterocycles. The minimum Gasteiger partial charge on any atom is -0.493 e. The van der Waals surface area contributed by atoms with Gasteiger partial charge < -0.3 is 14.4 Å². The van der Waals surface area contributed by atoms with Crippen LogP contribution in [0.3, 0.4) is 0 Å². The molecule has 0 N–H and O–H groups in total. The van der Waals surface area contributed by atoms with E-state index in [9.17, 15) is 14.0 Å². The molecule has 0 radical (unpaired) electrons. The van der Waals surface area contributed by atoms with Gasteiger partial charge in [-0.05, 0) is 49.6 Å². The summed E-state index contributed by atoms with van der Waals surface area (Å²) in [5, 5.41) is 4.46. The summed E-state index contributed by atoms with van der Waals surface area (Å²) < 4.78 is 26.3. The lowest BCUT2D eigenvalue weighted by Gasteiger charge is -2.40. The quantitative estimate of drug-likeness (QED) is 0.555. The third-order valence-electron chi connectivity index (χ3n) is 6.15. The van der Waals surface area contributed by atoms with Crippen LogP contribution in [0, 0.1) is 5.82 Å². The monoisotopic (exact) mass is 464 g/mol. The number of halogens is 1. The van der Waals surface area contributed by atoms with Gasteiger partial charge in [0.15, 0.2) is 11.5 Å². The molecular formula is C25H25FN4O4. The van der Waals surface area contributed by atoms with Crippen molar-refractivity contribution in [1.82, 2.24) is 9.78 Å². The topological polar surface area (TPSA) is 76.9 Å². The van der Waals surface area contributed by atoms with E-state index in [1.807, 2.05) is 36.0 Å². The number of aromatic nitrogens is 2. The Morgan fingerprint density at radius 3 is 2.56 bits per heavy atom. The van der Waals surface area contributed by atoms with Gasteiger partial charge in [-0.25, -0.2) is 9.18 Å². The molecule has 1 atom stereocenters. The molecule has 5 rings (SSSR count). The first kappa shape index (κ1) is 21.9. The van der Waals surface area contributed by atoms with E-state index in [1.165, 1.54) is 31.1 Å². The Hall–Kier alpha value is -3.88. The minimum atomic E-state index is -0.646. The Labute approximate surface area is 196 Å². The largest absolute Gasteiger partial charge is 0.493 e. The molecule has 34 heavy (non-hydrogen) atoms. The number of amides is 2. The van der Waals surface area contributed by atoms with E-state index in [0.29, 0.717) is 17.4 Å². The fourth-order valence-corrected chi connectivity index (χ4v) is 4.36. The van der Waals surface area contributed by atoms with Crippen LogP contribution in [-0.4, -0.2) is 41.5 Å². The predicted molar refractivity (Wildman–Crippen MR) is 125 cm³/mol. The molecule has 1 aliphatic carbocycles. The van der Waals surface area contributed by atoms with Crippen LogP contribution in [0.2, 0.25) is 0 Å². The van der Waals surface area contributed by atoms with Crippen molar-refractivity contribution in [2.45, 2.75) is 38.8 Å². The summed E-state index contributed by atoms with van der Waals surface area (Å²) in [6.45, 7) is 3.61. The van der Waals surface area contributed by atoms with Crippen LogP contribution >= 0.6 is 0 Å². The molecule has 1 aromatic heterocycles. The zero-order chi connectivity index (χ0) is 24.0. The van der Waals surface area contributed by atoms with Crippen molar-refractivity contribution < 1.29 is 23.5 Å². The van der Waals surface area contributed by atoms with Gasteiger partial charge in [-0.2, -0.15) is 5.10 Å². The van der Waals surface area contributed by atoms with Gasteiger partial charge in [0.25, 0.3) is 0 Å². The number of fused-ring (bicyclic) bond motifs is 1. The molecule has 0 bridgehead atoms. The lowest BCUT2D eigenvalue weighted by molar-refractivity contribution is -0.117. The maximum atomic E-state index is 13.6. The average Bonchev–Trinajstić information content (AvgIpc) is 3.55. The number of ether oxygens (including phenoxy) is 2. The number of nitrogens with zero attached hydrogens (tertiary/aromatic N) is 4. The summed E-state index contributed by atoms with van der Waals surface area (Å²) in [7, 11) is 1.38. The second-order valence-electron chi connectivity index (χ2n) is 8.66. The standard InChI is InChI=1S/C25H25FN4O4/c1-15-13-28(25(32)34-23-9-5-19(26)11-24(23)33-3)22-10-17(4-8-21(22)30(15)16(2)31)18-12-27-29(14-18)20-6-7-20/h4-5,8-12,14-15,20H,6-7,13H2,1-3H3. The molecule has 9 heteroatoms. The van der Waals surface area contributed by atoms with Crippen molar-refractivity contribution in [3.8, 4) is 22.6 Å². The number of rotatable bonds is 4. The van der Waals surface area contributed by atoms with Gasteiger partial charge in [-0.15, -0.1) is 0 Å². The van der Waals surface area contributed by atoms with Crippen molar-refractivity contribution in [2.75, 3.05) is 23.5 Å². The van der Waals surface area contributed by atoms with Gasteiger partial charge in [0, 0.05) is 31.3 Å². The summed E-state index contributed by atoms with van der Waals surface area (Å²) in [6, 6.07) is 9.53. The van der Waals surface area contributed by atoms with E-state index >= 15 is 0 Å². The predicted octanol–water partition coefficient (Wildman–Crippen LogP) is 4.79. The maximum Gasteiger partial charge on any atom is 0.420 e. The first-order chi connectivity index (χ1) is 16.4.